The Kier molecular flexibility index (Phi) is 12.3. The Morgan fingerprint density at radius 1 is 0.196 bits per heavy atom. The molecule has 4 aromatic heterocycles. The van der Waals surface area contributed by atoms with E-state index < -0.39 is 10.8 Å². The van der Waals surface area contributed by atoms with Gasteiger partial charge in [0.25, 0.3) is 0 Å². The average molecular weight is 1340 g/mol. The number of fused-ring (bicyclic) bond motifs is 24. The molecule has 1 atom stereocenters. The first kappa shape index (κ1) is 57.3. The average Bonchev–Trinajstić information content (AvgIpc) is 1.51. The molecule has 0 amide bonds. The lowest BCUT2D eigenvalue weighted by Crippen LogP contribution is -2.32. The Morgan fingerprint density at radius 2 is 0.569 bits per heavy atom. The minimum atomic E-state index is -0.671. The molecule has 14 aromatic carbocycles. The highest BCUT2D eigenvalue weighted by molar-refractivity contribution is 7.99. The summed E-state index contributed by atoms with van der Waals surface area (Å²) >= 11 is 3.65. The van der Waals surface area contributed by atoms with Crippen molar-refractivity contribution >= 4 is 67.4 Å². The quantitative estimate of drug-likeness (QED) is 0.153. The lowest BCUT2D eigenvalue weighted by molar-refractivity contribution is 0.664. The zero-order chi connectivity index (χ0) is 66.8. The number of benzene rings is 14. The third-order valence-electron chi connectivity index (χ3n) is 21.3. The highest BCUT2D eigenvalue weighted by atomic mass is 32.2. The van der Waals surface area contributed by atoms with Crippen LogP contribution in [0.3, 0.4) is 0 Å². The molecule has 10 heteroatoms. The zero-order valence-corrected chi connectivity index (χ0v) is 56.0. The molecule has 18 aromatic rings. The molecular formula is C92H52N6O2S2. The molecule has 0 saturated heterocycles. The summed E-state index contributed by atoms with van der Waals surface area (Å²) < 4.78 is 13.3. The Bertz CT molecular complexity index is 6560. The Morgan fingerprint density at radius 3 is 1.17 bits per heavy atom. The summed E-state index contributed by atoms with van der Waals surface area (Å²) in [6.45, 7) is 0. The van der Waals surface area contributed by atoms with Gasteiger partial charge in [-0.05, 0) is 157 Å². The van der Waals surface area contributed by atoms with E-state index in [2.05, 4.69) is 267 Å². The van der Waals surface area contributed by atoms with Crippen LogP contribution >= 0.6 is 23.5 Å². The summed E-state index contributed by atoms with van der Waals surface area (Å²) in [5.41, 5.74) is 24.0. The summed E-state index contributed by atoms with van der Waals surface area (Å²) in [5.74, 6) is 3.49. The van der Waals surface area contributed by atoms with Crippen molar-refractivity contribution in [2.45, 2.75) is 30.4 Å². The van der Waals surface area contributed by atoms with Gasteiger partial charge in [0.15, 0.2) is 34.9 Å². The zero-order valence-electron chi connectivity index (χ0n) is 54.3. The highest BCUT2D eigenvalue weighted by Gasteiger charge is 2.53. The summed E-state index contributed by atoms with van der Waals surface area (Å²) in [5, 5.41) is 4.40. The Balaban J connectivity index is 0.653. The second-order valence-electron chi connectivity index (χ2n) is 26.7. The molecule has 2 spiro atoms. The van der Waals surface area contributed by atoms with Crippen molar-refractivity contribution < 1.29 is 8.83 Å². The number of furan rings is 2. The summed E-state index contributed by atoms with van der Waals surface area (Å²) in [6.07, 6.45) is 0. The third-order valence-corrected chi connectivity index (χ3v) is 23.6. The summed E-state index contributed by atoms with van der Waals surface area (Å²) in [6, 6.07) is 113. The predicted molar refractivity (Wildman–Crippen MR) is 409 cm³/mol. The fourth-order valence-corrected chi connectivity index (χ4v) is 19.2. The molecule has 0 saturated carbocycles. The summed E-state index contributed by atoms with van der Waals surface area (Å²) in [7, 11) is 0. The van der Waals surface area contributed by atoms with Gasteiger partial charge in [0.05, 0.1) is 10.8 Å². The normalized spacial score (nSPS) is 14.7. The molecule has 1 unspecified atom stereocenters. The number of aromatic nitrogens is 6. The van der Waals surface area contributed by atoms with Gasteiger partial charge in [-0.2, -0.15) is 0 Å². The van der Waals surface area contributed by atoms with Crippen LogP contribution in [0.1, 0.15) is 44.5 Å². The predicted octanol–water partition coefficient (Wildman–Crippen LogP) is 23.2. The Hall–Kier alpha value is -12.6. The molecule has 102 heavy (non-hydrogen) atoms. The molecule has 0 fully saturated rings. The Labute approximate surface area is 594 Å². The van der Waals surface area contributed by atoms with E-state index in [1.165, 1.54) is 86.3 Å². The van der Waals surface area contributed by atoms with Gasteiger partial charge >= 0.3 is 0 Å². The lowest BCUT2D eigenvalue weighted by atomic mass is 9.67. The molecule has 8 nitrogen and oxygen atoms in total. The van der Waals surface area contributed by atoms with Crippen LogP contribution in [0.4, 0.5) is 0 Å². The molecular weight excluding hydrogens is 1290 g/mol. The summed E-state index contributed by atoms with van der Waals surface area (Å²) in [4.78, 5) is 36.9. The van der Waals surface area contributed by atoms with Crippen molar-refractivity contribution in [3.63, 3.8) is 0 Å². The van der Waals surface area contributed by atoms with Crippen molar-refractivity contribution in [2.75, 3.05) is 0 Å². The molecule has 22 rings (SSSR count). The highest BCUT2D eigenvalue weighted by Crippen LogP contribution is 2.65. The van der Waals surface area contributed by atoms with E-state index >= 15 is 0 Å². The van der Waals surface area contributed by atoms with Crippen LogP contribution in [0.15, 0.2) is 344 Å². The standard InChI is InChI=1S/C92H52N6O2S2/c1-3-20-54(21-4-1)85-93-87(97-89(95-85)59-42-44-62-65-49-67-63-27-8-14-33-77(63)100-80(67)52-75(65)92(73(62)47-59)71-31-12-17-36-82(71)101-83-37-18-13-32-72(83)92)56-40-38-53(39-41-56)57-24-19-25-58(46-57)88-94-86(55-22-5-2-6-23-55)96-90(98-88)60-43-45-84-76(48-60)91(70-30-11-16-35-81(70)102-84)69-29-10-7-26-61(69)66-51-79-68(50-74(66)91)64-28-9-15-34-78(64)99-79/h1-52H. The largest absolute Gasteiger partial charge is 0.456 e. The maximum absolute atomic E-state index is 6.70. The minimum Gasteiger partial charge on any atom is -0.456 e. The fraction of sp³-hybridized carbons (Fsp3) is 0.0217. The molecule has 2 aliphatic carbocycles. The maximum Gasteiger partial charge on any atom is 0.164 e. The van der Waals surface area contributed by atoms with Gasteiger partial charge in [0.1, 0.15) is 22.3 Å². The second kappa shape index (κ2) is 21.9. The van der Waals surface area contributed by atoms with Crippen LogP contribution < -0.4 is 0 Å². The number of hydrogen-bond acceptors (Lipinski definition) is 10. The van der Waals surface area contributed by atoms with E-state index in [9.17, 15) is 0 Å². The van der Waals surface area contributed by atoms with Crippen LogP contribution in [0, 0.1) is 0 Å². The van der Waals surface area contributed by atoms with Crippen molar-refractivity contribution in [1.82, 2.24) is 29.9 Å². The third kappa shape index (κ3) is 8.36. The van der Waals surface area contributed by atoms with Crippen LogP contribution in [-0.4, -0.2) is 29.9 Å². The molecule has 4 aliphatic rings. The van der Waals surface area contributed by atoms with Gasteiger partial charge in [0, 0.05) is 74.5 Å². The molecule has 6 heterocycles. The first-order chi connectivity index (χ1) is 50.5. The number of hydrogen-bond donors (Lipinski definition) is 0. The van der Waals surface area contributed by atoms with Crippen LogP contribution in [-0.2, 0) is 10.8 Å². The van der Waals surface area contributed by atoms with Gasteiger partial charge in [-0.15, -0.1) is 0 Å². The van der Waals surface area contributed by atoms with E-state index in [1.807, 2.05) is 72.1 Å². The van der Waals surface area contributed by atoms with Gasteiger partial charge in [0.2, 0.25) is 0 Å². The number of rotatable bonds is 7. The van der Waals surface area contributed by atoms with Crippen molar-refractivity contribution in [2.24, 2.45) is 0 Å². The van der Waals surface area contributed by atoms with E-state index in [0.29, 0.717) is 34.9 Å². The van der Waals surface area contributed by atoms with Crippen molar-refractivity contribution in [3.8, 4) is 102 Å². The minimum absolute atomic E-state index is 0.571. The number of nitrogens with zero attached hydrogens (tertiary/aromatic N) is 6. The van der Waals surface area contributed by atoms with Gasteiger partial charge in [-0.3, -0.25) is 0 Å². The van der Waals surface area contributed by atoms with E-state index in [1.54, 1.807) is 0 Å². The fourth-order valence-electron chi connectivity index (χ4n) is 16.9. The molecule has 474 valence electrons. The van der Waals surface area contributed by atoms with Crippen LogP contribution in [0.5, 0.6) is 0 Å². The van der Waals surface area contributed by atoms with Crippen molar-refractivity contribution in [3.05, 3.63) is 360 Å². The van der Waals surface area contributed by atoms with Crippen molar-refractivity contribution in [1.29, 1.82) is 0 Å². The van der Waals surface area contributed by atoms with E-state index in [0.717, 1.165) is 88.4 Å². The second-order valence-corrected chi connectivity index (χ2v) is 28.9. The first-order valence-corrected chi connectivity index (χ1v) is 35.9. The molecule has 0 N–H and O–H groups in total. The molecule has 0 radical (unpaired) electrons. The molecule has 0 bridgehead atoms. The number of para-hydroxylation sites is 2. The monoisotopic (exact) mass is 1340 g/mol. The SMILES string of the molecule is c1ccc(-c2nc(-c3cccc(-c4ccc(-c5nc(-c6ccccc6)nc(-c6ccc7c(c6)C6(c8ccccc8Sc8ccccc86)c6cc8oc9ccccc9c8cc6-7)n5)cc4)c3)nc(-c3ccc4c(c3)C3(c5ccccc5S4)c4ccccc4-c4cc5oc6ccccc6c5cc43)n2)cc1. The van der Waals surface area contributed by atoms with Gasteiger partial charge < -0.3 is 8.83 Å². The first-order valence-electron chi connectivity index (χ1n) is 34.3. The van der Waals surface area contributed by atoms with E-state index in [4.69, 9.17) is 38.7 Å². The molecule has 2 aliphatic heterocycles. The van der Waals surface area contributed by atoms with E-state index in [-0.39, 0.29) is 0 Å². The lowest BCUT2D eigenvalue weighted by Gasteiger charge is -2.40. The van der Waals surface area contributed by atoms with Gasteiger partial charge in [-0.25, -0.2) is 29.9 Å². The van der Waals surface area contributed by atoms with Gasteiger partial charge in [-0.1, -0.05) is 260 Å². The maximum atomic E-state index is 6.70. The smallest absolute Gasteiger partial charge is 0.164 e. The topological polar surface area (TPSA) is 104 Å². The van der Waals surface area contributed by atoms with Crippen LogP contribution in [0.25, 0.3) is 146 Å². The van der Waals surface area contributed by atoms with Crippen LogP contribution in [0.2, 0.25) is 0 Å².